The smallest absolute Gasteiger partial charge is 0.260 e. The van der Waals surface area contributed by atoms with E-state index in [1.165, 1.54) is 0 Å². The lowest BCUT2D eigenvalue weighted by molar-refractivity contribution is 0.0819. The first-order valence-electron chi connectivity index (χ1n) is 6.25. The number of piperidine rings is 1. The maximum Gasteiger partial charge on any atom is 0.260 e. The largest absolute Gasteiger partial charge is 0.397 e. The molecular weight excluding hydrogens is 280 g/mol. The predicted octanol–water partition coefficient (Wildman–Crippen LogP) is 0.143. The van der Waals surface area contributed by atoms with Crippen molar-refractivity contribution in [1.82, 2.24) is 0 Å². The zero-order valence-electron chi connectivity index (χ0n) is 11.2. The molecule has 0 radical (unpaired) electrons. The SMILES string of the molecule is COC1CCN(c2sc(C(N)=O)c(N)c2C(N)=O)CC1. The minimum atomic E-state index is -0.645. The topological polar surface area (TPSA) is 125 Å². The molecule has 20 heavy (non-hydrogen) atoms. The number of methoxy groups -OCH3 is 1. The summed E-state index contributed by atoms with van der Waals surface area (Å²) >= 11 is 1.12. The second-order valence-corrected chi connectivity index (χ2v) is 5.67. The standard InChI is InChI=1S/C12H18N4O3S/c1-19-6-2-4-16(5-3-6)12-7(10(14)17)8(13)9(20-12)11(15)18/h6H,2-5,13H2,1H3,(H2,14,17)(H2,15,18). The lowest BCUT2D eigenvalue weighted by Gasteiger charge is -2.32. The lowest BCUT2D eigenvalue weighted by Crippen LogP contribution is -2.37. The second-order valence-electron chi connectivity index (χ2n) is 4.68. The third-order valence-electron chi connectivity index (χ3n) is 3.46. The summed E-state index contributed by atoms with van der Waals surface area (Å²) in [6.45, 7) is 1.44. The van der Waals surface area contributed by atoms with Gasteiger partial charge in [-0.2, -0.15) is 0 Å². The van der Waals surface area contributed by atoms with Gasteiger partial charge in [-0.25, -0.2) is 0 Å². The van der Waals surface area contributed by atoms with Crippen LogP contribution in [0.1, 0.15) is 32.9 Å². The van der Waals surface area contributed by atoms with Crippen LogP contribution in [-0.4, -0.2) is 38.1 Å². The van der Waals surface area contributed by atoms with Crippen LogP contribution in [-0.2, 0) is 4.74 Å². The first kappa shape index (κ1) is 14.6. The highest BCUT2D eigenvalue weighted by Crippen LogP contribution is 2.39. The van der Waals surface area contributed by atoms with Crippen molar-refractivity contribution in [1.29, 1.82) is 0 Å². The number of rotatable bonds is 4. The van der Waals surface area contributed by atoms with E-state index < -0.39 is 11.8 Å². The average molecular weight is 298 g/mol. The fraction of sp³-hybridized carbons (Fsp3) is 0.500. The summed E-state index contributed by atoms with van der Waals surface area (Å²) in [6.07, 6.45) is 1.91. The van der Waals surface area contributed by atoms with Crippen LogP contribution < -0.4 is 22.1 Å². The minimum absolute atomic E-state index is 0.0823. The summed E-state index contributed by atoms with van der Waals surface area (Å²) in [5.74, 6) is -1.29. The molecule has 1 aromatic rings. The molecule has 0 unspecified atom stereocenters. The molecule has 1 aromatic heterocycles. The zero-order chi connectivity index (χ0) is 14.9. The molecule has 1 aliphatic rings. The molecule has 0 aliphatic carbocycles. The number of nitrogens with two attached hydrogens (primary N) is 3. The summed E-state index contributed by atoms with van der Waals surface area (Å²) in [5.41, 5.74) is 16.7. The lowest BCUT2D eigenvalue weighted by atomic mass is 10.1. The van der Waals surface area contributed by atoms with E-state index in [1.807, 2.05) is 4.90 Å². The van der Waals surface area contributed by atoms with Crippen LogP contribution >= 0.6 is 11.3 Å². The van der Waals surface area contributed by atoms with Crippen molar-refractivity contribution >= 4 is 33.8 Å². The number of hydrogen-bond acceptors (Lipinski definition) is 6. The highest BCUT2D eigenvalue weighted by atomic mass is 32.1. The van der Waals surface area contributed by atoms with E-state index in [4.69, 9.17) is 21.9 Å². The van der Waals surface area contributed by atoms with Gasteiger partial charge in [0.05, 0.1) is 17.4 Å². The highest BCUT2D eigenvalue weighted by molar-refractivity contribution is 7.19. The highest BCUT2D eigenvalue weighted by Gasteiger charge is 2.28. The normalized spacial score (nSPS) is 16.4. The van der Waals surface area contributed by atoms with Crippen molar-refractivity contribution in [2.24, 2.45) is 11.5 Å². The number of nitrogen functional groups attached to an aromatic ring is 1. The maximum atomic E-state index is 11.6. The van der Waals surface area contributed by atoms with Crippen molar-refractivity contribution in [3.63, 3.8) is 0 Å². The van der Waals surface area contributed by atoms with E-state index in [-0.39, 0.29) is 22.2 Å². The quantitative estimate of drug-likeness (QED) is 0.729. The van der Waals surface area contributed by atoms with Gasteiger partial charge in [-0.1, -0.05) is 0 Å². The van der Waals surface area contributed by atoms with Crippen LogP contribution in [0.5, 0.6) is 0 Å². The Morgan fingerprint density at radius 3 is 2.30 bits per heavy atom. The van der Waals surface area contributed by atoms with Gasteiger partial charge in [0.2, 0.25) is 0 Å². The zero-order valence-corrected chi connectivity index (χ0v) is 12.0. The summed E-state index contributed by atoms with van der Waals surface area (Å²) in [6, 6.07) is 0. The molecular formula is C12H18N4O3S. The van der Waals surface area contributed by atoms with Crippen LogP contribution in [0, 0.1) is 0 Å². The molecule has 110 valence electrons. The number of hydrogen-bond donors (Lipinski definition) is 3. The van der Waals surface area contributed by atoms with E-state index in [9.17, 15) is 9.59 Å². The van der Waals surface area contributed by atoms with Crippen molar-refractivity contribution < 1.29 is 14.3 Å². The van der Waals surface area contributed by atoms with Crippen molar-refractivity contribution in [2.75, 3.05) is 30.8 Å². The Morgan fingerprint density at radius 1 is 1.25 bits per heavy atom. The molecule has 6 N–H and O–H groups in total. The number of ether oxygens (including phenoxy) is 1. The maximum absolute atomic E-state index is 11.6. The monoisotopic (exact) mass is 298 g/mol. The average Bonchev–Trinajstić information content (AvgIpc) is 2.76. The molecule has 1 fully saturated rings. The van der Waals surface area contributed by atoms with E-state index >= 15 is 0 Å². The molecule has 0 aromatic carbocycles. The van der Waals surface area contributed by atoms with Gasteiger partial charge in [0.25, 0.3) is 11.8 Å². The number of thiophene rings is 1. The summed E-state index contributed by atoms with van der Waals surface area (Å²) in [4.78, 5) is 25.1. The van der Waals surface area contributed by atoms with Gasteiger partial charge in [-0.05, 0) is 12.8 Å². The van der Waals surface area contributed by atoms with E-state index in [2.05, 4.69) is 0 Å². The number of carbonyl (C=O) groups excluding carboxylic acids is 2. The van der Waals surface area contributed by atoms with Gasteiger partial charge in [0, 0.05) is 20.2 Å². The first-order valence-corrected chi connectivity index (χ1v) is 7.07. The number of nitrogens with zero attached hydrogens (tertiary/aromatic N) is 1. The van der Waals surface area contributed by atoms with Crippen LogP contribution in [0.3, 0.4) is 0 Å². The molecule has 0 bridgehead atoms. The van der Waals surface area contributed by atoms with Crippen LogP contribution in [0.4, 0.5) is 10.7 Å². The molecule has 0 spiro atoms. The molecule has 1 saturated heterocycles. The fourth-order valence-electron chi connectivity index (χ4n) is 2.37. The molecule has 2 heterocycles. The van der Waals surface area contributed by atoms with Crippen LogP contribution in [0.2, 0.25) is 0 Å². The molecule has 2 rings (SSSR count). The van der Waals surface area contributed by atoms with E-state index in [0.29, 0.717) is 5.00 Å². The molecule has 8 heteroatoms. The van der Waals surface area contributed by atoms with Crippen molar-refractivity contribution in [2.45, 2.75) is 18.9 Å². The molecule has 1 aliphatic heterocycles. The van der Waals surface area contributed by atoms with Gasteiger partial charge in [-0.3, -0.25) is 9.59 Å². The second kappa shape index (κ2) is 5.68. The van der Waals surface area contributed by atoms with Crippen LogP contribution in [0.25, 0.3) is 0 Å². The molecule has 2 amide bonds. The fourth-order valence-corrected chi connectivity index (χ4v) is 3.50. The van der Waals surface area contributed by atoms with Gasteiger partial charge >= 0.3 is 0 Å². The Balaban J connectivity index is 2.34. The predicted molar refractivity (Wildman–Crippen MR) is 78.0 cm³/mol. The van der Waals surface area contributed by atoms with E-state index in [1.54, 1.807) is 7.11 Å². The number of amides is 2. The third kappa shape index (κ3) is 2.56. The van der Waals surface area contributed by atoms with Gasteiger partial charge in [0.1, 0.15) is 9.88 Å². The third-order valence-corrected chi connectivity index (χ3v) is 4.74. The molecule has 0 saturated carbocycles. The number of primary amides is 2. The van der Waals surface area contributed by atoms with Crippen molar-refractivity contribution in [3.8, 4) is 0 Å². The Labute approximate surface area is 120 Å². The summed E-state index contributed by atoms with van der Waals surface area (Å²) in [7, 11) is 1.68. The first-order chi connectivity index (χ1) is 9.45. The number of anilines is 2. The molecule has 0 atom stereocenters. The van der Waals surface area contributed by atoms with Gasteiger partial charge < -0.3 is 26.8 Å². The number of carbonyl (C=O) groups is 2. The Hall–Kier alpha value is -1.80. The van der Waals surface area contributed by atoms with Gasteiger partial charge in [-0.15, -0.1) is 11.3 Å². The Kier molecular flexibility index (Phi) is 4.15. The Bertz CT molecular complexity index is 535. The Morgan fingerprint density at radius 2 is 1.85 bits per heavy atom. The molecule has 7 nitrogen and oxygen atoms in total. The van der Waals surface area contributed by atoms with Crippen LogP contribution in [0.15, 0.2) is 0 Å². The van der Waals surface area contributed by atoms with E-state index in [0.717, 1.165) is 37.3 Å². The summed E-state index contributed by atoms with van der Waals surface area (Å²) < 4.78 is 5.31. The minimum Gasteiger partial charge on any atom is -0.397 e. The summed E-state index contributed by atoms with van der Waals surface area (Å²) in [5, 5.41) is 0.623. The van der Waals surface area contributed by atoms with Crippen molar-refractivity contribution in [3.05, 3.63) is 10.4 Å². The van der Waals surface area contributed by atoms with Gasteiger partial charge in [0.15, 0.2) is 0 Å².